The minimum Gasteiger partial charge on any atom is -0.481 e. The highest BCUT2D eigenvalue weighted by Gasteiger charge is 2.23. The van der Waals surface area contributed by atoms with Gasteiger partial charge in [-0.3, -0.25) is 24.8 Å². The van der Waals surface area contributed by atoms with E-state index in [4.69, 9.17) is 22.3 Å². The summed E-state index contributed by atoms with van der Waals surface area (Å²) in [5.41, 5.74) is 17.6. The molecule has 0 aromatic rings. The average Bonchev–Trinajstić information content (AvgIpc) is 2.44. The number of aliphatic carboxylic acids is 1. The molecule has 0 aromatic carbocycles. The van der Waals surface area contributed by atoms with Crippen LogP contribution in [0, 0.1) is 0 Å². The molecule has 4 amide bonds. The normalized spacial score (nSPS) is 11.0. The highest BCUT2D eigenvalue weighted by atomic mass is 16.4. The number of hydrazine groups is 1. The number of carboxylic acids is 1. The SMILES string of the molecule is CN(NC(=O)CCCCN=C(N)N)C(=O)N[C@@H](CC(=O)O)C(N)=O. The number of hydrogen-bond donors (Lipinski definition) is 6. The summed E-state index contributed by atoms with van der Waals surface area (Å²) in [4.78, 5) is 48.9. The van der Waals surface area contributed by atoms with Crippen LogP contribution in [0.25, 0.3) is 0 Å². The van der Waals surface area contributed by atoms with Crippen molar-refractivity contribution in [2.75, 3.05) is 13.6 Å². The summed E-state index contributed by atoms with van der Waals surface area (Å²) in [6, 6.07) is -2.25. The molecule has 0 bridgehead atoms. The lowest BCUT2D eigenvalue weighted by molar-refractivity contribution is -0.139. The maximum atomic E-state index is 11.8. The molecule has 12 nitrogen and oxygen atoms in total. The monoisotopic (exact) mass is 345 g/mol. The van der Waals surface area contributed by atoms with Crippen molar-refractivity contribution in [3.05, 3.63) is 0 Å². The summed E-state index contributed by atoms with van der Waals surface area (Å²) in [5, 5.41) is 11.6. The molecule has 0 aromatic heterocycles. The van der Waals surface area contributed by atoms with Crippen LogP contribution < -0.4 is 27.9 Å². The Kier molecular flexibility index (Phi) is 9.29. The van der Waals surface area contributed by atoms with Crippen LogP contribution in [0.5, 0.6) is 0 Å². The lowest BCUT2D eigenvalue weighted by atomic mass is 10.2. The lowest BCUT2D eigenvalue weighted by Gasteiger charge is -2.21. The molecule has 1 atom stereocenters. The van der Waals surface area contributed by atoms with Gasteiger partial charge in [0.25, 0.3) is 0 Å². The minimum atomic E-state index is -1.38. The second-order valence-corrected chi connectivity index (χ2v) is 4.86. The van der Waals surface area contributed by atoms with Gasteiger partial charge in [0.15, 0.2) is 5.96 Å². The maximum absolute atomic E-state index is 11.8. The zero-order valence-corrected chi connectivity index (χ0v) is 13.3. The first-order chi connectivity index (χ1) is 11.1. The molecule has 0 rings (SSSR count). The van der Waals surface area contributed by atoms with Crippen molar-refractivity contribution in [3.8, 4) is 0 Å². The molecule has 0 aliphatic carbocycles. The molecule has 0 heterocycles. The van der Waals surface area contributed by atoms with Gasteiger partial charge in [-0.05, 0) is 12.8 Å². The first-order valence-corrected chi connectivity index (χ1v) is 7.03. The molecule has 136 valence electrons. The van der Waals surface area contributed by atoms with E-state index in [1.165, 1.54) is 7.05 Å². The minimum absolute atomic E-state index is 0.0266. The van der Waals surface area contributed by atoms with Gasteiger partial charge in [0.2, 0.25) is 11.8 Å². The Morgan fingerprint density at radius 2 is 1.79 bits per heavy atom. The highest BCUT2D eigenvalue weighted by molar-refractivity contribution is 5.89. The zero-order valence-electron chi connectivity index (χ0n) is 13.3. The summed E-state index contributed by atoms with van der Waals surface area (Å²) < 4.78 is 0. The van der Waals surface area contributed by atoms with Crippen molar-refractivity contribution < 1.29 is 24.3 Å². The van der Waals surface area contributed by atoms with Gasteiger partial charge >= 0.3 is 12.0 Å². The summed E-state index contributed by atoms with van der Waals surface area (Å²) >= 11 is 0. The fraction of sp³-hybridized carbons (Fsp3) is 0.583. The number of carbonyl (C=O) groups excluding carboxylic acids is 3. The molecule has 0 fully saturated rings. The molecule has 24 heavy (non-hydrogen) atoms. The van der Waals surface area contributed by atoms with Crippen LogP contribution in [0.1, 0.15) is 25.7 Å². The number of guanidine groups is 1. The fourth-order valence-electron chi connectivity index (χ4n) is 1.54. The molecule has 0 radical (unpaired) electrons. The van der Waals surface area contributed by atoms with Gasteiger partial charge in [0.05, 0.1) is 6.42 Å². The first-order valence-electron chi connectivity index (χ1n) is 7.03. The Balaban J connectivity index is 4.23. The van der Waals surface area contributed by atoms with E-state index < -0.39 is 36.3 Å². The molecule has 0 unspecified atom stereocenters. The number of aliphatic imine (C=N–C) groups is 1. The quantitative estimate of drug-likeness (QED) is 0.114. The van der Waals surface area contributed by atoms with Gasteiger partial charge < -0.3 is 27.6 Å². The summed E-state index contributed by atoms with van der Waals surface area (Å²) in [7, 11) is 1.24. The Hall–Kier alpha value is -3.05. The highest BCUT2D eigenvalue weighted by Crippen LogP contribution is 1.97. The van der Waals surface area contributed by atoms with Crippen molar-refractivity contribution in [2.24, 2.45) is 22.2 Å². The second-order valence-electron chi connectivity index (χ2n) is 4.86. The van der Waals surface area contributed by atoms with Crippen molar-refractivity contribution in [1.82, 2.24) is 15.8 Å². The Labute approximate surface area is 138 Å². The Morgan fingerprint density at radius 3 is 2.29 bits per heavy atom. The third kappa shape index (κ3) is 9.81. The van der Waals surface area contributed by atoms with Crippen molar-refractivity contribution in [3.63, 3.8) is 0 Å². The molecular formula is C12H23N7O5. The van der Waals surface area contributed by atoms with Crippen LogP contribution in [0.15, 0.2) is 4.99 Å². The van der Waals surface area contributed by atoms with Gasteiger partial charge in [-0.1, -0.05) is 0 Å². The van der Waals surface area contributed by atoms with E-state index in [1.54, 1.807) is 0 Å². The van der Waals surface area contributed by atoms with E-state index in [1.807, 2.05) is 0 Å². The fourth-order valence-corrected chi connectivity index (χ4v) is 1.54. The number of urea groups is 1. The molecule has 0 aliphatic rings. The number of nitrogens with one attached hydrogen (secondary N) is 2. The number of primary amides is 1. The van der Waals surface area contributed by atoms with Crippen LogP contribution in [0.4, 0.5) is 4.79 Å². The third-order valence-electron chi connectivity index (χ3n) is 2.72. The average molecular weight is 345 g/mol. The smallest absolute Gasteiger partial charge is 0.336 e. The summed E-state index contributed by atoms with van der Waals surface area (Å²) in [6.45, 7) is 0.390. The number of rotatable bonds is 9. The maximum Gasteiger partial charge on any atom is 0.336 e. The second kappa shape index (κ2) is 10.6. The Morgan fingerprint density at radius 1 is 1.17 bits per heavy atom. The van der Waals surface area contributed by atoms with E-state index in [2.05, 4.69) is 15.7 Å². The number of unbranched alkanes of at least 4 members (excludes halogenated alkanes) is 1. The van der Waals surface area contributed by atoms with Gasteiger partial charge in [-0.15, -0.1) is 0 Å². The topological polar surface area (TPSA) is 206 Å². The molecule has 9 N–H and O–H groups in total. The van der Waals surface area contributed by atoms with E-state index in [9.17, 15) is 19.2 Å². The van der Waals surface area contributed by atoms with Crippen LogP contribution in [0.3, 0.4) is 0 Å². The van der Waals surface area contributed by atoms with Crippen molar-refractivity contribution in [2.45, 2.75) is 31.7 Å². The third-order valence-corrected chi connectivity index (χ3v) is 2.72. The number of amides is 4. The van der Waals surface area contributed by atoms with Gasteiger partial charge in [-0.25, -0.2) is 9.80 Å². The van der Waals surface area contributed by atoms with E-state index in [0.29, 0.717) is 19.4 Å². The van der Waals surface area contributed by atoms with Crippen LogP contribution in [0.2, 0.25) is 0 Å². The lowest BCUT2D eigenvalue weighted by Crippen LogP contribution is -2.54. The Bertz CT molecular complexity index is 504. The number of nitrogens with two attached hydrogens (primary N) is 3. The summed E-state index contributed by atoms with van der Waals surface area (Å²) in [5.74, 6) is -2.76. The number of carbonyl (C=O) groups is 4. The predicted molar refractivity (Wildman–Crippen MR) is 84.2 cm³/mol. The van der Waals surface area contributed by atoms with E-state index in [0.717, 1.165) is 5.01 Å². The molecule has 0 saturated carbocycles. The van der Waals surface area contributed by atoms with Gasteiger partial charge in [0, 0.05) is 20.0 Å². The first kappa shape index (κ1) is 20.9. The predicted octanol–water partition coefficient (Wildman–Crippen LogP) is -2.57. The number of nitrogens with zero attached hydrogens (tertiary/aromatic N) is 2. The molecule has 12 heteroatoms. The molecule has 0 aliphatic heterocycles. The molecule has 0 saturated heterocycles. The standard InChI is InChI=1S/C12H23N7O5/c1-19(12(24)17-7(10(13)23)6-9(21)22)18-8(20)4-2-3-5-16-11(14)15/h7H,2-6H2,1H3,(H2,13,23)(H,17,24)(H,18,20)(H,21,22)(H4,14,15,16)/t7-/m0/s1. The van der Waals surface area contributed by atoms with Gasteiger partial charge in [-0.2, -0.15) is 0 Å². The number of carboxylic acid groups (broad SMARTS) is 1. The van der Waals surface area contributed by atoms with E-state index in [-0.39, 0.29) is 12.4 Å². The van der Waals surface area contributed by atoms with Crippen LogP contribution >= 0.6 is 0 Å². The van der Waals surface area contributed by atoms with Crippen LogP contribution in [-0.2, 0) is 14.4 Å². The van der Waals surface area contributed by atoms with Crippen molar-refractivity contribution >= 4 is 29.8 Å². The molecular weight excluding hydrogens is 322 g/mol. The van der Waals surface area contributed by atoms with E-state index >= 15 is 0 Å². The summed E-state index contributed by atoms with van der Waals surface area (Å²) in [6.07, 6.45) is 0.560. The zero-order chi connectivity index (χ0) is 18.7. The number of hydrogen-bond acceptors (Lipinski definition) is 5. The molecule has 0 spiro atoms. The van der Waals surface area contributed by atoms with Crippen molar-refractivity contribution in [1.29, 1.82) is 0 Å². The van der Waals surface area contributed by atoms with Crippen LogP contribution in [-0.4, -0.2) is 59.5 Å². The van der Waals surface area contributed by atoms with Gasteiger partial charge in [0.1, 0.15) is 6.04 Å². The largest absolute Gasteiger partial charge is 0.481 e.